The van der Waals surface area contributed by atoms with Crippen molar-refractivity contribution in [1.29, 1.82) is 5.26 Å². The smallest absolute Gasteiger partial charge is 0.142 e. The standard InChI is InChI=1S/C25H17Cl2N3/c1-15-23(18-9-7-17(8-10-18)16-5-3-2-4-6-16)21(14-28)25(29)30-24(15)20-12-11-19(26)13-22(20)27/h2-13H,1H3,(H2,29,30). The fourth-order valence-corrected chi connectivity index (χ4v) is 4.07. The maximum Gasteiger partial charge on any atom is 0.142 e. The Bertz CT molecular complexity index is 1270. The van der Waals surface area contributed by atoms with Crippen molar-refractivity contribution in [3.05, 3.63) is 94.0 Å². The van der Waals surface area contributed by atoms with Crippen LogP contribution in [0.25, 0.3) is 33.5 Å². The lowest BCUT2D eigenvalue weighted by Gasteiger charge is -2.16. The molecule has 0 amide bonds. The topological polar surface area (TPSA) is 62.7 Å². The molecule has 0 unspecified atom stereocenters. The van der Waals surface area contributed by atoms with Crippen LogP contribution < -0.4 is 5.73 Å². The maximum atomic E-state index is 9.76. The molecule has 0 aliphatic heterocycles. The molecule has 2 N–H and O–H groups in total. The predicted octanol–water partition coefficient (Wildman–Crippen LogP) is 7.15. The van der Waals surface area contributed by atoms with Gasteiger partial charge in [0.05, 0.1) is 10.7 Å². The van der Waals surface area contributed by atoms with Crippen LogP contribution in [0.5, 0.6) is 0 Å². The van der Waals surface area contributed by atoms with Gasteiger partial charge in [0.15, 0.2) is 0 Å². The zero-order valence-corrected chi connectivity index (χ0v) is 17.7. The highest BCUT2D eigenvalue weighted by Gasteiger charge is 2.19. The van der Waals surface area contributed by atoms with Gasteiger partial charge in [0.2, 0.25) is 0 Å². The highest BCUT2D eigenvalue weighted by atomic mass is 35.5. The summed E-state index contributed by atoms with van der Waals surface area (Å²) in [4.78, 5) is 4.48. The fraction of sp³-hybridized carbons (Fsp3) is 0.0400. The van der Waals surface area contributed by atoms with Gasteiger partial charge in [-0.05, 0) is 47.4 Å². The molecule has 0 spiro atoms. The zero-order chi connectivity index (χ0) is 21.3. The van der Waals surface area contributed by atoms with Crippen molar-refractivity contribution in [3.63, 3.8) is 0 Å². The third kappa shape index (κ3) is 3.64. The summed E-state index contributed by atoms with van der Waals surface area (Å²) >= 11 is 12.5. The van der Waals surface area contributed by atoms with Gasteiger partial charge in [0, 0.05) is 16.1 Å². The summed E-state index contributed by atoms with van der Waals surface area (Å²) in [5, 5.41) is 10.8. The number of anilines is 1. The highest BCUT2D eigenvalue weighted by Crippen LogP contribution is 2.39. The second-order valence-electron chi connectivity index (χ2n) is 6.90. The molecule has 0 radical (unpaired) electrons. The van der Waals surface area contributed by atoms with Crippen LogP contribution in [-0.2, 0) is 0 Å². The number of nitrogens with zero attached hydrogens (tertiary/aromatic N) is 2. The van der Waals surface area contributed by atoms with Gasteiger partial charge in [-0.25, -0.2) is 4.98 Å². The van der Waals surface area contributed by atoms with Gasteiger partial charge < -0.3 is 5.73 Å². The van der Waals surface area contributed by atoms with E-state index >= 15 is 0 Å². The molecule has 1 aromatic heterocycles. The summed E-state index contributed by atoms with van der Waals surface area (Å²) in [5.74, 6) is 0.172. The Hall–Kier alpha value is -3.32. The lowest BCUT2D eigenvalue weighted by Crippen LogP contribution is -2.03. The summed E-state index contributed by atoms with van der Waals surface area (Å²) in [7, 11) is 0. The minimum absolute atomic E-state index is 0.172. The minimum atomic E-state index is 0.172. The Morgan fingerprint density at radius 3 is 2.13 bits per heavy atom. The lowest BCUT2D eigenvalue weighted by atomic mass is 9.91. The van der Waals surface area contributed by atoms with Gasteiger partial charge in [0.1, 0.15) is 17.5 Å². The van der Waals surface area contributed by atoms with Crippen molar-refractivity contribution in [2.45, 2.75) is 6.92 Å². The summed E-state index contributed by atoms with van der Waals surface area (Å²) in [6.45, 7) is 1.92. The number of nitriles is 1. The number of nitrogen functional groups attached to an aromatic ring is 1. The van der Waals surface area contributed by atoms with E-state index in [0.717, 1.165) is 33.4 Å². The quantitative estimate of drug-likeness (QED) is 0.375. The molecule has 1 heterocycles. The second-order valence-corrected chi connectivity index (χ2v) is 7.74. The third-order valence-electron chi connectivity index (χ3n) is 5.05. The van der Waals surface area contributed by atoms with E-state index < -0.39 is 0 Å². The van der Waals surface area contributed by atoms with Crippen molar-refractivity contribution in [3.8, 4) is 39.6 Å². The Labute approximate surface area is 185 Å². The number of hydrogen-bond donors (Lipinski definition) is 1. The van der Waals surface area contributed by atoms with Crippen molar-refractivity contribution < 1.29 is 0 Å². The molecule has 0 fully saturated rings. The van der Waals surface area contributed by atoms with E-state index in [0.29, 0.717) is 21.3 Å². The van der Waals surface area contributed by atoms with Crippen molar-refractivity contribution >= 4 is 29.0 Å². The molecule has 4 aromatic rings. The molecule has 146 valence electrons. The SMILES string of the molecule is Cc1c(-c2ccc(Cl)cc2Cl)nc(N)c(C#N)c1-c1ccc(-c2ccccc2)cc1. The highest BCUT2D eigenvalue weighted by molar-refractivity contribution is 6.36. The van der Waals surface area contributed by atoms with Crippen LogP contribution in [0, 0.1) is 18.3 Å². The lowest BCUT2D eigenvalue weighted by molar-refractivity contribution is 1.26. The van der Waals surface area contributed by atoms with Gasteiger partial charge in [-0.1, -0.05) is 77.8 Å². The van der Waals surface area contributed by atoms with Crippen LogP contribution in [0.1, 0.15) is 11.1 Å². The number of rotatable bonds is 3. The van der Waals surface area contributed by atoms with Crippen LogP contribution in [0.4, 0.5) is 5.82 Å². The Kier molecular flexibility index (Phi) is 5.46. The summed E-state index contributed by atoms with van der Waals surface area (Å²) in [5.41, 5.74) is 12.6. The molecular weight excluding hydrogens is 413 g/mol. The van der Waals surface area contributed by atoms with Gasteiger partial charge in [0.25, 0.3) is 0 Å². The summed E-state index contributed by atoms with van der Waals surface area (Å²) < 4.78 is 0. The first-order chi connectivity index (χ1) is 14.5. The second kappa shape index (κ2) is 8.20. The molecule has 0 bridgehead atoms. The molecule has 3 nitrogen and oxygen atoms in total. The first-order valence-electron chi connectivity index (χ1n) is 9.31. The van der Waals surface area contributed by atoms with Crippen molar-refractivity contribution in [2.24, 2.45) is 0 Å². The van der Waals surface area contributed by atoms with E-state index in [9.17, 15) is 5.26 Å². The molecule has 0 saturated heterocycles. The van der Waals surface area contributed by atoms with Crippen molar-refractivity contribution in [2.75, 3.05) is 5.73 Å². The van der Waals surface area contributed by atoms with Gasteiger partial charge in [-0.2, -0.15) is 5.26 Å². The van der Waals surface area contributed by atoms with E-state index in [2.05, 4.69) is 23.2 Å². The third-order valence-corrected chi connectivity index (χ3v) is 5.60. The van der Waals surface area contributed by atoms with Crippen LogP contribution in [-0.4, -0.2) is 4.98 Å². The monoisotopic (exact) mass is 429 g/mol. The number of hydrogen-bond acceptors (Lipinski definition) is 3. The number of aromatic nitrogens is 1. The van der Waals surface area contributed by atoms with Crippen LogP contribution in [0.3, 0.4) is 0 Å². The predicted molar refractivity (Wildman–Crippen MR) is 124 cm³/mol. The van der Waals surface area contributed by atoms with Gasteiger partial charge in [-0.15, -0.1) is 0 Å². The Morgan fingerprint density at radius 2 is 1.50 bits per heavy atom. The van der Waals surface area contributed by atoms with E-state index in [4.69, 9.17) is 28.9 Å². The average Bonchev–Trinajstić information content (AvgIpc) is 2.76. The van der Waals surface area contributed by atoms with Crippen LogP contribution >= 0.6 is 23.2 Å². The molecule has 30 heavy (non-hydrogen) atoms. The Morgan fingerprint density at radius 1 is 0.867 bits per heavy atom. The van der Waals surface area contributed by atoms with E-state index in [1.54, 1.807) is 12.1 Å². The summed E-state index contributed by atoms with van der Waals surface area (Å²) in [6, 6.07) is 25.6. The average molecular weight is 430 g/mol. The van der Waals surface area contributed by atoms with E-state index in [-0.39, 0.29) is 5.82 Å². The molecule has 4 rings (SSSR count). The largest absolute Gasteiger partial charge is 0.383 e. The molecule has 0 atom stereocenters. The summed E-state index contributed by atoms with van der Waals surface area (Å²) in [6.07, 6.45) is 0. The molecular formula is C25H17Cl2N3. The van der Waals surface area contributed by atoms with E-state index in [1.165, 1.54) is 0 Å². The zero-order valence-electron chi connectivity index (χ0n) is 16.2. The van der Waals surface area contributed by atoms with Crippen LogP contribution in [0.2, 0.25) is 10.0 Å². The molecule has 0 aliphatic rings. The molecule has 0 aliphatic carbocycles. The van der Waals surface area contributed by atoms with Gasteiger partial charge in [-0.3, -0.25) is 0 Å². The number of benzene rings is 3. The normalized spacial score (nSPS) is 10.6. The molecule has 3 aromatic carbocycles. The Balaban J connectivity index is 1.89. The maximum absolute atomic E-state index is 9.76. The van der Waals surface area contributed by atoms with Crippen LogP contribution in [0.15, 0.2) is 72.8 Å². The van der Waals surface area contributed by atoms with E-state index in [1.807, 2.05) is 55.5 Å². The van der Waals surface area contributed by atoms with Gasteiger partial charge >= 0.3 is 0 Å². The fourth-order valence-electron chi connectivity index (χ4n) is 3.57. The van der Waals surface area contributed by atoms with Crippen molar-refractivity contribution in [1.82, 2.24) is 4.98 Å². The number of halogens is 2. The molecule has 0 saturated carbocycles. The first kappa shape index (κ1) is 20.0. The first-order valence-corrected chi connectivity index (χ1v) is 10.1. The minimum Gasteiger partial charge on any atom is -0.383 e. The molecule has 5 heteroatoms. The number of nitrogens with two attached hydrogens (primary N) is 1. The number of pyridine rings is 1.